The lowest BCUT2D eigenvalue weighted by Crippen LogP contribution is -2.40. The van der Waals surface area contributed by atoms with E-state index in [1.807, 2.05) is 44.2 Å². The molecule has 0 bridgehead atoms. The highest BCUT2D eigenvalue weighted by atomic mass is 16.2. The van der Waals surface area contributed by atoms with E-state index in [2.05, 4.69) is 10.9 Å². The number of hydrogen-bond donors (Lipinski definition) is 2. The number of hydrogen-bond acceptors (Lipinski definition) is 3. The normalized spacial score (nSPS) is 18.6. The largest absolute Gasteiger partial charge is 0.303 e. The minimum Gasteiger partial charge on any atom is -0.303 e. The maximum absolute atomic E-state index is 11.8. The molecule has 2 rings (SSSR count). The highest BCUT2D eigenvalue weighted by Gasteiger charge is 2.22. The Morgan fingerprint density at radius 3 is 2.55 bits per heavy atom. The van der Waals surface area contributed by atoms with E-state index in [1.165, 1.54) is 0 Å². The van der Waals surface area contributed by atoms with Crippen LogP contribution in [0.4, 0.5) is 0 Å². The van der Waals surface area contributed by atoms with Gasteiger partial charge in [-0.15, -0.1) is 0 Å². The third kappa shape index (κ3) is 3.70. The molecule has 0 saturated heterocycles. The van der Waals surface area contributed by atoms with Gasteiger partial charge in [0.1, 0.15) is 0 Å². The summed E-state index contributed by atoms with van der Waals surface area (Å²) in [4.78, 5) is 23.3. The molecule has 1 aromatic carbocycles. The van der Waals surface area contributed by atoms with Gasteiger partial charge in [0.25, 0.3) is 0 Å². The smallest absolute Gasteiger partial charge is 0.240 e. The second-order valence-electron chi connectivity index (χ2n) is 5.42. The van der Waals surface area contributed by atoms with Gasteiger partial charge in [-0.25, -0.2) is 0 Å². The van der Waals surface area contributed by atoms with Crippen LogP contribution in [0.2, 0.25) is 0 Å². The van der Waals surface area contributed by atoms with Crippen molar-refractivity contribution < 1.29 is 9.59 Å². The molecule has 0 radical (unpaired) electrons. The lowest BCUT2D eigenvalue weighted by molar-refractivity contribution is -0.125. The van der Waals surface area contributed by atoms with Crippen LogP contribution < -0.4 is 10.9 Å². The van der Waals surface area contributed by atoms with Crippen LogP contribution in [0, 0.1) is 5.92 Å². The summed E-state index contributed by atoms with van der Waals surface area (Å²) in [6, 6.07) is 9.99. The zero-order valence-electron chi connectivity index (χ0n) is 11.8. The lowest BCUT2D eigenvalue weighted by Gasteiger charge is -2.23. The third-order valence-electron chi connectivity index (χ3n) is 3.39. The van der Waals surface area contributed by atoms with Crippen molar-refractivity contribution in [3.63, 3.8) is 0 Å². The summed E-state index contributed by atoms with van der Waals surface area (Å²) < 4.78 is 0. The zero-order valence-corrected chi connectivity index (χ0v) is 11.8. The number of nitrogens with one attached hydrogen (secondary N) is 2. The summed E-state index contributed by atoms with van der Waals surface area (Å²) in [5, 5.41) is 0. The Hall–Kier alpha value is -2.10. The van der Waals surface area contributed by atoms with E-state index in [1.54, 1.807) is 6.08 Å². The van der Waals surface area contributed by atoms with Crippen LogP contribution in [-0.4, -0.2) is 11.7 Å². The number of carbonyl (C=O) groups excluding carboxylic acids is 2. The van der Waals surface area contributed by atoms with E-state index in [4.69, 9.17) is 0 Å². The van der Waals surface area contributed by atoms with Crippen LogP contribution in [0.15, 0.2) is 42.1 Å². The Labute approximate surface area is 119 Å². The predicted molar refractivity (Wildman–Crippen MR) is 77.6 cm³/mol. The fourth-order valence-electron chi connectivity index (χ4n) is 2.23. The number of amides is 1. The summed E-state index contributed by atoms with van der Waals surface area (Å²) >= 11 is 0. The Morgan fingerprint density at radius 2 is 1.90 bits per heavy atom. The van der Waals surface area contributed by atoms with Crippen molar-refractivity contribution in [2.24, 2.45) is 5.92 Å². The van der Waals surface area contributed by atoms with Gasteiger partial charge in [-0.1, -0.05) is 44.2 Å². The molecule has 1 aliphatic rings. The van der Waals surface area contributed by atoms with Gasteiger partial charge in [0.2, 0.25) is 5.91 Å². The summed E-state index contributed by atoms with van der Waals surface area (Å²) in [6.45, 7) is 3.65. The topological polar surface area (TPSA) is 58.2 Å². The molecule has 4 heteroatoms. The first-order valence-electron chi connectivity index (χ1n) is 6.90. The van der Waals surface area contributed by atoms with E-state index < -0.39 is 0 Å². The van der Waals surface area contributed by atoms with Crippen molar-refractivity contribution in [1.29, 1.82) is 0 Å². The van der Waals surface area contributed by atoms with Crippen LogP contribution in [0.5, 0.6) is 0 Å². The molecule has 0 aromatic heterocycles. The van der Waals surface area contributed by atoms with Crippen LogP contribution in [0.25, 0.3) is 0 Å². The molecule has 0 unspecified atom stereocenters. The molecule has 4 nitrogen and oxygen atoms in total. The number of carbonyl (C=O) groups is 2. The van der Waals surface area contributed by atoms with Crippen molar-refractivity contribution in [2.75, 3.05) is 0 Å². The third-order valence-corrected chi connectivity index (χ3v) is 3.39. The maximum Gasteiger partial charge on any atom is 0.240 e. The summed E-state index contributed by atoms with van der Waals surface area (Å²) in [7, 11) is 0. The highest BCUT2D eigenvalue weighted by molar-refractivity contribution is 5.92. The minimum absolute atomic E-state index is 0.0832. The molecular formula is C16H20N2O2. The lowest BCUT2D eigenvalue weighted by atomic mass is 9.86. The fourth-order valence-corrected chi connectivity index (χ4v) is 2.23. The molecule has 0 spiro atoms. The molecular weight excluding hydrogens is 252 g/mol. The quantitative estimate of drug-likeness (QED) is 0.827. The van der Waals surface area contributed by atoms with E-state index in [0.29, 0.717) is 6.42 Å². The predicted octanol–water partition coefficient (Wildman–Crippen LogP) is 2.29. The number of rotatable bonds is 4. The fraction of sp³-hybridized carbons (Fsp3) is 0.375. The van der Waals surface area contributed by atoms with Crippen molar-refractivity contribution in [1.82, 2.24) is 10.9 Å². The molecule has 1 aromatic rings. The van der Waals surface area contributed by atoms with E-state index in [9.17, 15) is 9.59 Å². The molecule has 0 fully saturated rings. The van der Waals surface area contributed by atoms with Gasteiger partial charge in [0.15, 0.2) is 5.78 Å². The first-order valence-corrected chi connectivity index (χ1v) is 6.90. The molecule has 20 heavy (non-hydrogen) atoms. The zero-order chi connectivity index (χ0) is 14.5. The van der Waals surface area contributed by atoms with Crippen LogP contribution in [0.1, 0.15) is 38.2 Å². The average Bonchev–Trinajstić information content (AvgIpc) is 2.45. The monoisotopic (exact) mass is 272 g/mol. The summed E-state index contributed by atoms with van der Waals surface area (Å²) in [5.41, 5.74) is 7.43. The number of ketones is 1. The second kappa shape index (κ2) is 6.37. The molecule has 0 heterocycles. The second-order valence-corrected chi connectivity index (χ2v) is 5.42. The number of benzene rings is 1. The Morgan fingerprint density at radius 1 is 1.20 bits per heavy atom. The van der Waals surface area contributed by atoms with E-state index in [-0.39, 0.29) is 23.5 Å². The molecule has 1 aliphatic carbocycles. The molecule has 0 aliphatic heterocycles. The Balaban J connectivity index is 2.01. The SMILES string of the molecule is CC(C)C(=O)NNC1=CC(=O)C[C@@H](c2ccccc2)C1. The summed E-state index contributed by atoms with van der Waals surface area (Å²) in [5.74, 6) is 0.0889. The molecule has 2 N–H and O–H groups in total. The van der Waals surface area contributed by atoms with Crippen molar-refractivity contribution in [3.05, 3.63) is 47.7 Å². The maximum atomic E-state index is 11.8. The van der Waals surface area contributed by atoms with Gasteiger partial charge in [0, 0.05) is 24.1 Å². The first kappa shape index (κ1) is 14.3. The highest BCUT2D eigenvalue weighted by Crippen LogP contribution is 2.29. The molecule has 0 saturated carbocycles. The van der Waals surface area contributed by atoms with Crippen LogP contribution >= 0.6 is 0 Å². The first-order chi connectivity index (χ1) is 9.56. The van der Waals surface area contributed by atoms with Gasteiger partial charge in [-0.2, -0.15) is 0 Å². The van der Waals surface area contributed by atoms with Gasteiger partial charge < -0.3 is 5.43 Å². The number of allylic oxidation sites excluding steroid dienone is 2. The van der Waals surface area contributed by atoms with Crippen LogP contribution in [0.3, 0.4) is 0 Å². The van der Waals surface area contributed by atoms with E-state index in [0.717, 1.165) is 17.7 Å². The van der Waals surface area contributed by atoms with Gasteiger partial charge in [-0.05, 0) is 17.9 Å². The van der Waals surface area contributed by atoms with Gasteiger partial charge in [0.05, 0.1) is 0 Å². The van der Waals surface area contributed by atoms with Crippen molar-refractivity contribution in [2.45, 2.75) is 32.6 Å². The standard InChI is InChI=1S/C16H20N2O2/c1-11(2)16(20)18-17-14-8-13(9-15(19)10-14)12-6-4-3-5-7-12/h3-7,10-11,13,17H,8-9H2,1-2H3,(H,18,20)/t13-/m0/s1. The summed E-state index contributed by atoms with van der Waals surface area (Å²) in [6.07, 6.45) is 2.83. The van der Waals surface area contributed by atoms with E-state index >= 15 is 0 Å². The van der Waals surface area contributed by atoms with Crippen LogP contribution in [-0.2, 0) is 9.59 Å². The van der Waals surface area contributed by atoms with Gasteiger partial charge >= 0.3 is 0 Å². The van der Waals surface area contributed by atoms with Gasteiger partial charge in [-0.3, -0.25) is 15.0 Å². The Bertz CT molecular complexity index is 521. The van der Waals surface area contributed by atoms with Crippen molar-refractivity contribution in [3.8, 4) is 0 Å². The Kier molecular flexibility index (Phi) is 4.56. The average molecular weight is 272 g/mol. The van der Waals surface area contributed by atoms with Crippen molar-refractivity contribution >= 4 is 11.7 Å². The number of hydrazine groups is 1. The minimum atomic E-state index is -0.0905. The molecule has 1 atom stereocenters. The molecule has 1 amide bonds. The molecule has 106 valence electrons.